The van der Waals surface area contributed by atoms with Gasteiger partial charge in [-0.3, -0.25) is 9.78 Å². The molecule has 0 aliphatic rings. The molecule has 1 rings (SSSR count). The van der Waals surface area contributed by atoms with Crippen LogP contribution >= 0.6 is 0 Å². The second-order valence-electron chi connectivity index (χ2n) is 3.29. The average Bonchev–Trinajstić information content (AvgIpc) is 2.18. The third-order valence-electron chi connectivity index (χ3n) is 1.94. The van der Waals surface area contributed by atoms with Gasteiger partial charge < -0.3 is 9.84 Å². The zero-order valence-electron chi connectivity index (χ0n) is 8.93. The molecule has 1 aromatic rings. The van der Waals surface area contributed by atoms with Crippen LogP contribution in [0.4, 0.5) is 0 Å². The van der Waals surface area contributed by atoms with E-state index in [1.165, 1.54) is 0 Å². The highest BCUT2D eigenvalue weighted by atomic mass is 16.5. The van der Waals surface area contributed by atoms with Crippen LogP contribution in [0.3, 0.4) is 0 Å². The Morgan fingerprint density at radius 2 is 2.33 bits per heavy atom. The molecule has 0 fully saturated rings. The lowest BCUT2D eigenvalue weighted by Crippen LogP contribution is -2.11. The third-order valence-corrected chi connectivity index (χ3v) is 1.94. The molecule has 82 valence electrons. The number of aliphatic hydroxyl groups excluding tert-OH is 1. The highest BCUT2D eigenvalue weighted by Crippen LogP contribution is 2.14. The van der Waals surface area contributed by atoms with Gasteiger partial charge in [0, 0.05) is 6.20 Å². The van der Waals surface area contributed by atoms with Crippen molar-refractivity contribution in [3.05, 3.63) is 29.6 Å². The summed E-state index contributed by atoms with van der Waals surface area (Å²) < 4.78 is 4.73. The first kappa shape index (κ1) is 11.7. The summed E-state index contributed by atoms with van der Waals surface area (Å²) in [7, 11) is 0. The maximum atomic E-state index is 11.1. The van der Waals surface area contributed by atoms with E-state index in [4.69, 9.17) is 4.74 Å². The van der Waals surface area contributed by atoms with Crippen molar-refractivity contribution in [2.24, 2.45) is 0 Å². The topological polar surface area (TPSA) is 59.4 Å². The molecule has 1 unspecified atom stereocenters. The fourth-order valence-electron chi connectivity index (χ4n) is 1.16. The third kappa shape index (κ3) is 3.67. The Morgan fingerprint density at radius 3 is 2.87 bits per heavy atom. The number of carbonyl (C=O) groups is 1. The van der Waals surface area contributed by atoms with Crippen LogP contribution in [0, 0.1) is 6.92 Å². The number of nitrogens with zero attached hydrogens (tertiary/aromatic N) is 1. The van der Waals surface area contributed by atoms with E-state index < -0.39 is 12.1 Å². The van der Waals surface area contributed by atoms with E-state index in [-0.39, 0.29) is 6.42 Å². The number of esters is 1. The molecule has 0 saturated carbocycles. The molecule has 0 aromatic carbocycles. The molecule has 0 aliphatic heterocycles. The highest BCUT2D eigenvalue weighted by molar-refractivity contribution is 5.70. The monoisotopic (exact) mass is 209 g/mol. The maximum absolute atomic E-state index is 11.1. The van der Waals surface area contributed by atoms with Crippen molar-refractivity contribution in [1.82, 2.24) is 4.98 Å². The molecule has 4 heteroatoms. The lowest BCUT2D eigenvalue weighted by atomic mass is 10.1. The summed E-state index contributed by atoms with van der Waals surface area (Å²) in [5, 5.41) is 9.65. The number of pyridine rings is 1. The second-order valence-corrected chi connectivity index (χ2v) is 3.29. The van der Waals surface area contributed by atoms with Crippen molar-refractivity contribution in [2.75, 3.05) is 6.61 Å². The Hall–Kier alpha value is -1.42. The van der Waals surface area contributed by atoms with Gasteiger partial charge >= 0.3 is 5.97 Å². The predicted octanol–water partition coefficient (Wildman–Crippen LogP) is 1.38. The first-order chi connectivity index (χ1) is 7.13. The van der Waals surface area contributed by atoms with E-state index in [0.29, 0.717) is 12.3 Å². The molecule has 1 heterocycles. The van der Waals surface area contributed by atoms with Crippen LogP contribution in [-0.4, -0.2) is 22.7 Å². The van der Waals surface area contributed by atoms with Crippen molar-refractivity contribution in [1.29, 1.82) is 0 Å². The number of ether oxygens (including phenoxy) is 1. The van der Waals surface area contributed by atoms with Gasteiger partial charge in [-0.15, -0.1) is 0 Å². The molecular formula is C11H15NO3. The molecular weight excluding hydrogens is 194 g/mol. The minimum absolute atomic E-state index is 0.0517. The maximum Gasteiger partial charge on any atom is 0.308 e. The van der Waals surface area contributed by atoms with Gasteiger partial charge in [-0.1, -0.05) is 6.07 Å². The average molecular weight is 209 g/mol. The smallest absolute Gasteiger partial charge is 0.308 e. The Labute approximate surface area is 88.9 Å². The van der Waals surface area contributed by atoms with Gasteiger partial charge in [-0.05, 0) is 25.5 Å². The lowest BCUT2D eigenvalue weighted by molar-refractivity contribution is -0.145. The molecule has 0 spiro atoms. The summed E-state index contributed by atoms with van der Waals surface area (Å²) in [5.74, 6) is -0.410. The van der Waals surface area contributed by atoms with Crippen LogP contribution in [0.15, 0.2) is 18.3 Å². The molecule has 1 N–H and O–H groups in total. The van der Waals surface area contributed by atoms with Crippen LogP contribution in [0.2, 0.25) is 0 Å². The van der Waals surface area contributed by atoms with Crippen LogP contribution in [-0.2, 0) is 9.53 Å². The van der Waals surface area contributed by atoms with E-state index in [1.807, 2.05) is 13.0 Å². The SMILES string of the molecule is CCOC(=O)CC(O)c1ccc(C)cn1. The molecule has 1 aromatic heterocycles. The van der Waals surface area contributed by atoms with Gasteiger partial charge in [0.25, 0.3) is 0 Å². The Balaban J connectivity index is 2.57. The lowest BCUT2D eigenvalue weighted by Gasteiger charge is -2.09. The van der Waals surface area contributed by atoms with E-state index in [0.717, 1.165) is 5.56 Å². The molecule has 0 bridgehead atoms. The Bertz CT molecular complexity index is 321. The van der Waals surface area contributed by atoms with E-state index in [9.17, 15) is 9.90 Å². The zero-order valence-corrected chi connectivity index (χ0v) is 8.93. The van der Waals surface area contributed by atoms with Crippen molar-refractivity contribution in [2.45, 2.75) is 26.4 Å². The number of rotatable bonds is 4. The van der Waals surface area contributed by atoms with Crippen LogP contribution in [0.25, 0.3) is 0 Å². The first-order valence-electron chi connectivity index (χ1n) is 4.89. The van der Waals surface area contributed by atoms with Crippen molar-refractivity contribution in [3.63, 3.8) is 0 Å². The minimum Gasteiger partial charge on any atom is -0.466 e. The number of hydrogen-bond acceptors (Lipinski definition) is 4. The second kappa shape index (κ2) is 5.46. The summed E-state index contributed by atoms with van der Waals surface area (Å²) in [5.41, 5.74) is 1.51. The van der Waals surface area contributed by atoms with Crippen LogP contribution in [0.1, 0.15) is 30.7 Å². The van der Waals surface area contributed by atoms with Gasteiger partial charge in [0.1, 0.15) is 6.10 Å². The first-order valence-corrected chi connectivity index (χ1v) is 4.89. The molecule has 0 amide bonds. The van der Waals surface area contributed by atoms with Crippen molar-refractivity contribution < 1.29 is 14.6 Å². The van der Waals surface area contributed by atoms with Gasteiger partial charge in [-0.2, -0.15) is 0 Å². The van der Waals surface area contributed by atoms with Crippen LogP contribution in [0.5, 0.6) is 0 Å². The number of aromatic nitrogens is 1. The quantitative estimate of drug-likeness (QED) is 0.761. The molecule has 1 atom stereocenters. The molecule has 15 heavy (non-hydrogen) atoms. The standard InChI is InChI=1S/C11H15NO3/c1-3-15-11(14)6-10(13)9-5-4-8(2)7-12-9/h4-5,7,10,13H,3,6H2,1-2H3. The van der Waals surface area contributed by atoms with Crippen molar-refractivity contribution in [3.8, 4) is 0 Å². The van der Waals surface area contributed by atoms with Gasteiger partial charge in [0.2, 0.25) is 0 Å². The Morgan fingerprint density at radius 1 is 1.60 bits per heavy atom. The molecule has 0 saturated heterocycles. The Kier molecular flexibility index (Phi) is 4.24. The van der Waals surface area contributed by atoms with E-state index in [2.05, 4.69) is 4.98 Å². The summed E-state index contributed by atoms with van der Waals surface area (Å²) in [6, 6.07) is 3.55. The summed E-state index contributed by atoms with van der Waals surface area (Å²) >= 11 is 0. The zero-order chi connectivity index (χ0) is 11.3. The normalized spacial score (nSPS) is 12.2. The van der Waals surface area contributed by atoms with Crippen molar-refractivity contribution >= 4 is 5.97 Å². The largest absolute Gasteiger partial charge is 0.466 e. The fourth-order valence-corrected chi connectivity index (χ4v) is 1.16. The molecule has 4 nitrogen and oxygen atoms in total. The molecule has 0 aliphatic carbocycles. The van der Waals surface area contributed by atoms with Gasteiger partial charge in [-0.25, -0.2) is 0 Å². The van der Waals surface area contributed by atoms with Gasteiger partial charge in [0.05, 0.1) is 18.7 Å². The predicted molar refractivity (Wildman–Crippen MR) is 55.2 cm³/mol. The number of aliphatic hydroxyl groups is 1. The number of aryl methyl sites for hydroxylation is 1. The van der Waals surface area contributed by atoms with E-state index >= 15 is 0 Å². The number of hydrogen-bond donors (Lipinski definition) is 1. The molecule has 0 radical (unpaired) electrons. The highest BCUT2D eigenvalue weighted by Gasteiger charge is 2.14. The number of carbonyl (C=O) groups excluding carboxylic acids is 1. The fraction of sp³-hybridized carbons (Fsp3) is 0.455. The van der Waals surface area contributed by atoms with E-state index in [1.54, 1.807) is 19.2 Å². The van der Waals surface area contributed by atoms with Crippen LogP contribution < -0.4 is 0 Å². The summed E-state index contributed by atoms with van der Waals surface area (Å²) in [4.78, 5) is 15.1. The minimum atomic E-state index is -0.885. The summed E-state index contributed by atoms with van der Waals surface area (Å²) in [6.45, 7) is 3.97. The summed E-state index contributed by atoms with van der Waals surface area (Å²) in [6.07, 6.45) is 0.720. The van der Waals surface area contributed by atoms with Gasteiger partial charge in [0.15, 0.2) is 0 Å².